The molecule has 2 atom stereocenters. The lowest BCUT2D eigenvalue weighted by atomic mass is 10.0. The second kappa shape index (κ2) is 6.02. The van der Waals surface area contributed by atoms with Gasteiger partial charge in [0.05, 0.1) is 4.92 Å². The Morgan fingerprint density at radius 3 is 2.67 bits per heavy atom. The summed E-state index contributed by atoms with van der Waals surface area (Å²) >= 11 is 0. The van der Waals surface area contributed by atoms with Gasteiger partial charge >= 0.3 is 0 Å². The Morgan fingerprint density at radius 2 is 2.05 bits per heavy atom. The Kier molecular flexibility index (Phi) is 4.10. The van der Waals surface area contributed by atoms with Crippen molar-refractivity contribution in [3.63, 3.8) is 0 Å². The Hall–Kier alpha value is -1.62. The van der Waals surface area contributed by atoms with Crippen molar-refractivity contribution in [2.45, 2.75) is 32.7 Å². The summed E-state index contributed by atoms with van der Waals surface area (Å²) in [5, 5.41) is 14.1. The molecule has 1 saturated heterocycles. The van der Waals surface area contributed by atoms with Gasteiger partial charge < -0.3 is 5.32 Å². The first-order chi connectivity index (χ1) is 10.2. The summed E-state index contributed by atoms with van der Waals surface area (Å²) in [7, 11) is 0. The first-order valence-electron chi connectivity index (χ1n) is 7.91. The van der Waals surface area contributed by atoms with E-state index in [0.29, 0.717) is 12.2 Å². The topological polar surface area (TPSA) is 58.4 Å². The van der Waals surface area contributed by atoms with Crippen LogP contribution in [-0.2, 0) is 6.54 Å². The van der Waals surface area contributed by atoms with Crippen LogP contribution in [0.2, 0.25) is 0 Å². The summed E-state index contributed by atoms with van der Waals surface area (Å²) < 4.78 is 0. The largest absolute Gasteiger partial charge is 0.380 e. The summed E-state index contributed by atoms with van der Waals surface area (Å²) in [6, 6.07) is 5.47. The molecule has 2 unspecified atom stereocenters. The molecule has 5 heteroatoms. The van der Waals surface area contributed by atoms with Crippen molar-refractivity contribution in [3.05, 3.63) is 33.9 Å². The van der Waals surface area contributed by atoms with E-state index in [1.54, 1.807) is 6.07 Å². The molecule has 0 radical (unpaired) electrons. The molecule has 0 amide bonds. The van der Waals surface area contributed by atoms with Crippen LogP contribution in [0.25, 0.3) is 0 Å². The Balaban J connectivity index is 1.71. The van der Waals surface area contributed by atoms with E-state index in [-0.39, 0.29) is 10.6 Å². The highest BCUT2D eigenvalue weighted by molar-refractivity contribution is 5.62. The van der Waals surface area contributed by atoms with Crippen LogP contribution < -0.4 is 5.32 Å². The van der Waals surface area contributed by atoms with E-state index < -0.39 is 0 Å². The number of hydrogen-bond acceptors (Lipinski definition) is 4. The van der Waals surface area contributed by atoms with E-state index in [0.717, 1.165) is 23.9 Å². The first-order valence-corrected chi connectivity index (χ1v) is 7.91. The van der Waals surface area contributed by atoms with Crippen molar-refractivity contribution in [1.82, 2.24) is 4.90 Å². The van der Waals surface area contributed by atoms with Crippen LogP contribution in [0, 0.1) is 22.0 Å². The fourth-order valence-electron chi connectivity index (χ4n) is 3.89. The van der Waals surface area contributed by atoms with Crippen molar-refractivity contribution in [3.8, 4) is 0 Å². The average Bonchev–Trinajstić information content (AvgIpc) is 3.00. The zero-order valence-electron chi connectivity index (χ0n) is 12.5. The molecule has 3 rings (SSSR count). The first kappa shape index (κ1) is 14.3. The number of hydrogen-bond donors (Lipinski definition) is 1. The van der Waals surface area contributed by atoms with Gasteiger partial charge in [0.2, 0.25) is 0 Å². The molecule has 1 N–H and O–H groups in total. The van der Waals surface area contributed by atoms with Gasteiger partial charge in [-0.3, -0.25) is 15.0 Å². The molecule has 2 fully saturated rings. The fourth-order valence-corrected chi connectivity index (χ4v) is 3.89. The van der Waals surface area contributed by atoms with Crippen molar-refractivity contribution in [1.29, 1.82) is 0 Å². The van der Waals surface area contributed by atoms with Crippen LogP contribution in [0.3, 0.4) is 0 Å². The van der Waals surface area contributed by atoms with Gasteiger partial charge in [-0.1, -0.05) is 12.5 Å². The number of fused-ring (bicyclic) bond motifs is 1. The number of likely N-dealkylation sites (tertiary alicyclic amines) is 1. The third-order valence-corrected chi connectivity index (χ3v) is 4.83. The smallest absolute Gasteiger partial charge is 0.292 e. The summed E-state index contributed by atoms with van der Waals surface area (Å²) in [5.41, 5.74) is 1.97. The van der Waals surface area contributed by atoms with E-state index in [4.69, 9.17) is 0 Å². The third-order valence-electron chi connectivity index (χ3n) is 4.83. The highest BCUT2D eigenvalue weighted by Gasteiger charge is 2.35. The molecule has 5 nitrogen and oxygen atoms in total. The predicted octanol–water partition coefficient (Wildman–Crippen LogP) is 3.26. The molecule has 114 valence electrons. The summed E-state index contributed by atoms with van der Waals surface area (Å²) in [6.07, 6.45) is 4.15. The molecular formula is C16H23N3O2. The van der Waals surface area contributed by atoms with Gasteiger partial charge in [-0.05, 0) is 43.2 Å². The minimum atomic E-state index is -0.317. The number of nitrogens with one attached hydrogen (secondary N) is 1. The van der Waals surface area contributed by atoms with E-state index >= 15 is 0 Å². The minimum Gasteiger partial charge on any atom is -0.380 e. The molecule has 2 aliphatic rings. The summed E-state index contributed by atoms with van der Waals surface area (Å²) in [4.78, 5) is 13.2. The van der Waals surface area contributed by atoms with E-state index in [9.17, 15) is 10.1 Å². The van der Waals surface area contributed by atoms with Crippen molar-refractivity contribution >= 4 is 11.4 Å². The van der Waals surface area contributed by atoms with Crippen LogP contribution in [0.1, 0.15) is 31.7 Å². The van der Waals surface area contributed by atoms with Gasteiger partial charge in [0.1, 0.15) is 5.69 Å². The number of nitro groups is 1. The van der Waals surface area contributed by atoms with Crippen LogP contribution in [0.15, 0.2) is 18.2 Å². The lowest BCUT2D eigenvalue weighted by Gasteiger charge is -2.17. The van der Waals surface area contributed by atoms with E-state index in [1.165, 1.54) is 32.4 Å². The van der Waals surface area contributed by atoms with Crippen LogP contribution >= 0.6 is 0 Å². The van der Waals surface area contributed by atoms with Gasteiger partial charge in [0, 0.05) is 32.2 Å². The van der Waals surface area contributed by atoms with Crippen molar-refractivity contribution in [2.24, 2.45) is 11.8 Å². The molecule has 0 bridgehead atoms. The summed E-state index contributed by atoms with van der Waals surface area (Å²) in [6.45, 7) is 5.94. The van der Waals surface area contributed by atoms with Gasteiger partial charge in [-0.2, -0.15) is 0 Å². The van der Waals surface area contributed by atoms with Crippen LogP contribution in [-0.4, -0.2) is 29.5 Å². The maximum atomic E-state index is 11.0. The molecule has 1 aliphatic heterocycles. The highest BCUT2D eigenvalue weighted by atomic mass is 16.6. The van der Waals surface area contributed by atoms with Gasteiger partial charge in [-0.25, -0.2) is 0 Å². The fraction of sp³-hybridized carbons (Fsp3) is 0.625. The molecule has 1 aromatic carbocycles. The second-order valence-electron chi connectivity index (χ2n) is 6.28. The number of nitrogens with zero attached hydrogens (tertiary/aromatic N) is 2. The Labute approximate surface area is 125 Å². The van der Waals surface area contributed by atoms with E-state index in [2.05, 4.69) is 10.2 Å². The molecule has 21 heavy (non-hydrogen) atoms. The molecule has 1 aromatic rings. The van der Waals surface area contributed by atoms with Gasteiger partial charge in [-0.15, -0.1) is 0 Å². The van der Waals surface area contributed by atoms with E-state index in [1.807, 2.05) is 19.1 Å². The van der Waals surface area contributed by atoms with Crippen molar-refractivity contribution in [2.75, 3.05) is 25.0 Å². The van der Waals surface area contributed by atoms with Gasteiger partial charge in [0.25, 0.3) is 5.69 Å². The van der Waals surface area contributed by atoms with Crippen molar-refractivity contribution < 1.29 is 4.92 Å². The van der Waals surface area contributed by atoms with Crippen LogP contribution in [0.5, 0.6) is 0 Å². The number of rotatable bonds is 5. The molecule has 1 aliphatic carbocycles. The lowest BCUT2D eigenvalue weighted by molar-refractivity contribution is -0.384. The predicted molar refractivity (Wildman–Crippen MR) is 83.4 cm³/mol. The maximum Gasteiger partial charge on any atom is 0.292 e. The Bertz CT molecular complexity index is 520. The third kappa shape index (κ3) is 3.02. The minimum absolute atomic E-state index is 0.166. The quantitative estimate of drug-likeness (QED) is 0.667. The molecule has 1 saturated carbocycles. The highest BCUT2D eigenvalue weighted by Crippen LogP contribution is 2.38. The summed E-state index contributed by atoms with van der Waals surface area (Å²) in [5.74, 6) is 1.77. The molecular weight excluding hydrogens is 266 g/mol. The SMILES string of the molecule is CCNc1cc(CN2CC3CCCC3C2)ccc1[N+](=O)[O-]. The molecule has 1 heterocycles. The zero-order valence-corrected chi connectivity index (χ0v) is 12.5. The standard InChI is InChI=1S/C16H23N3O2/c1-2-17-15-8-12(6-7-16(15)19(20)21)9-18-10-13-4-3-5-14(13)11-18/h6-8,13-14,17H,2-5,9-11H2,1H3. The number of nitro benzene ring substituents is 1. The Morgan fingerprint density at radius 1 is 1.33 bits per heavy atom. The molecule has 0 spiro atoms. The zero-order chi connectivity index (χ0) is 14.8. The average molecular weight is 289 g/mol. The monoisotopic (exact) mass is 289 g/mol. The number of benzene rings is 1. The second-order valence-corrected chi connectivity index (χ2v) is 6.28. The molecule has 0 aromatic heterocycles. The maximum absolute atomic E-state index is 11.0. The van der Waals surface area contributed by atoms with Gasteiger partial charge in [0.15, 0.2) is 0 Å². The number of anilines is 1. The normalized spacial score (nSPS) is 25.0. The lowest BCUT2D eigenvalue weighted by Crippen LogP contribution is -2.21. The van der Waals surface area contributed by atoms with Crippen LogP contribution in [0.4, 0.5) is 11.4 Å².